The van der Waals surface area contributed by atoms with Gasteiger partial charge in [-0.1, -0.05) is 146 Å². The Hall–Kier alpha value is -7.13. The smallest absolute Gasteiger partial charge is 0.147 e. The van der Waals surface area contributed by atoms with Crippen LogP contribution in [-0.4, -0.2) is 5.84 Å². The lowest BCUT2D eigenvalue weighted by molar-refractivity contribution is 1.15. The van der Waals surface area contributed by atoms with E-state index in [0.29, 0.717) is 5.84 Å². The molecule has 0 radical (unpaired) electrons. The van der Waals surface area contributed by atoms with E-state index in [0.717, 1.165) is 22.5 Å². The fourth-order valence-corrected chi connectivity index (χ4v) is 8.00. The predicted molar refractivity (Wildman–Crippen MR) is 232 cm³/mol. The SMILES string of the molecule is C#C/C=C\C(C)=C(/C)N(C(/C=C\C)=N/C#C)c1ccc(-c2ccc3c4c(cccc24)-c2c-3c(-c3ccccc3)c3ccccc3c2-c2ccccc2)cc1. The summed E-state index contributed by atoms with van der Waals surface area (Å²) in [6.07, 6.45) is 18.7. The van der Waals surface area contributed by atoms with Crippen molar-refractivity contribution < 1.29 is 0 Å². The summed E-state index contributed by atoms with van der Waals surface area (Å²) in [5.41, 5.74) is 15.3. The van der Waals surface area contributed by atoms with Crippen LogP contribution in [0.5, 0.6) is 0 Å². The zero-order valence-electron chi connectivity index (χ0n) is 30.6. The molecule has 0 heterocycles. The molecular weight excluding hydrogens is 653 g/mol. The molecule has 0 unspecified atom stereocenters. The van der Waals surface area contributed by atoms with E-state index in [1.807, 2.05) is 32.1 Å². The molecule has 1 aliphatic carbocycles. The second kappa shape index (κ2) is 14.5. The van der Waals surface area contributed by atoms with Gasteiger partial charge in [-0.2, -0.15) is 4.99 Å². The van der Waals surface area contributed by atoms with Crippen LogP contribution in [-0.2, 0) is 0 Å². The third kappa shape index (κ3) is 5.72. The molecule has 0 saturated heterocycles. The Morgan fingerprint density at radius 3 is 1.69 bits per heavy atom. The van der Waals surface area contributed by atoms with E-state index in [9.17, 15) is 0 Å². The molecule has 54 heavy (non-hydrogen) atoms. The normalized spacial score (nSPS) is 12.6. The summed E-state index contributed by atoms with van der Waals surface area (Å²) in [6.45, 7) is 6.05. The summed E-state index contributed by atoms with van der Waals surface area (Å²) in [7, 11) is 0. The van der Waals surface area contributed by atoms with Gasteiger partial charge in [0.25, 0.3) is 0 Å². The average molecular weight is 691 g/mol. The van der Waals surface area contributed by atoms with Crippen LogP contribution in [0.1, 0.15) is 20.8 Å². The molecule has 0 fully saturated rings. The number of aliphatic imine (C=N–C) groups is 1. The van der Waals surface area contributed by atoms with Gasteiger partial charge in [0.05, 0.1) is 0 Å². The van der Waals surface area contributed by atoms with E-state index in [-0.39, 0.29) is 0 Å². The maximum absolute atomic E-state index is 5.70. The quantitative estimate of drug-likeness (QED) is 0.0703. The maximum atomic E-state index is 5.70. The van der Waals surface area contributed by atoms with Gasteiger partial charge in [-0.25, -0.2) is 0 Å². The highest BCUT2D eigenvalue weighted by Gasteiger charge is 2.31. The van der Waals surface area contributed by atoms with Gasteiger partial charge < -0.3 is 0 Å². The van der Waals surface area contributed by atoms with Crippen LogP contribution in [0.4, 0.5) is 5.69 Å². The molecular formula is C52H38N2. The van der Waals surface area contributed by atoms with E-state index >= 15 is 0 Å². The van der Waals surface area contributed by atoms with Crippen molar-refractivity contribution in [2.75, 3.05) is 4.90 Å². The van der Waals surface area contributed by atoms with Crippen LogP contribution in [0.3, 0.4) is 0 Å². The zero-order chi connectivity index (χ0) is 37.2. The van der Waals surface area contributed by atoms with Crippen LogP contribution in [0.25, 0.3) is 77.2 Å². The van der Waals surface area contributed by atoms with Crippen molar-refractivity contribution in [3.8, 4) is 80.4 Å². The molecule has 0 saturated carbocycles. The Kier molecular flexibility index (Phi) is 9.11. The van der Waals surface area contributed by atoms with Gasteiger partial charge in [0.15, 0.2) is 0 Å². The van der Waals surface area contributed by atoms with Gasteiger partial charge in [0.1, 0.15) is 5.84 Å². The number of hydrogen-bond donors (Lipinski definition) is 0. The van der Waals surface area contributed by atoms with Crippen molar-refractivity contribution in [2.45, 2.75) is 20.8 Å². The third-order valence-electron chi connectivity index (χ3n) is 10.4. The summed E-state index contributed by atoms with van der Waals surface area (Å²) in [5.74, 6) is 3.24. The van der Waals surface area contributed by atoms with E-state index in [2.05, 4.69) is 168 Å². The molecule has 0 aromatic heterocycles. The van der Waals surface area contributed by atoms with Gasteiger partial charge in [-0.3, -0.25) is 4.90 Å². The summed E-state index contributed by atoms with van der Waals surface area (Å²) in [4.78, 5) is 6.48. The van der Waals surface area contributed by atoms with Crippen molar-refractivity contribution in [3.05, 3.63) is 175 Å². The van der Waals surface area contributed by atoms with Crippen LogP contribution < -0.4 is 4.90 Å². The number of hydrogen-bond acceptors (Lipinski definition) is 1. The molecule has 2 nitrogen and oxygen atoms in total. The highest BCUT2D eigenvalue weighted by molar-refractivity contribution is 6.28. The third-order valence-corrected chi connectivity index (χ3v) is 10.4. The average Bonchev–Trinajstić information content (AvgIpc) is 3.55. The van der Waals surface area contributed by atoms with Crippen LogP contribution in [0.2, 0.25) is 0 Å². The standard InChI is InChI=1S/C52H38N2/c1-6-9-20-35(4)36(5)54(47(19-7-2)53-8-3)40-31-29-37(30-32-40)41-33-34-46-50-42(41)27-18-28-45(50)51-48(38-21-12-10-13-22-38)43-25-16-17-26-44(43)49(52(46)51)39-23-14-11-15-24-39/h1,3,7,9-34H,2,4-5H3/b19-7-,20-9-,36-35+,53-47+. The molecule has 0 atom stereocenters. The van der Waals surface area contributed by atoms with E-state index in [1.54, 1.807) is 6.08 Å². The molecule has 0 bridgehead atoms. The van der Waals surface area contributed by atoms with Crippen molar-refractivity contribution in [3.63, 3.8) is 0 Å². The first-order valence-electron chi connectivity index (χ1n) is 18.2. The molecule has 7 aromatic carbocycles. The number of fused-ring (bicyclic) bond motifs is 4. The topological polar surface area (TPSA) is 15.6 Å². The second-order valence-electron chi connectivity index (χ2n) is 13.4. The van der Waals surface area contributed by atoms with Crippen molar-refractivity contribution in [1.29, 1.82) is 0 Å². The van der Waals surface area contributed by atoms with Gasteiger partial charge in [-0.05, 0) is 134 Å². The van der Waals surface area contributed by atoms with Crippen LogP contribution in [0, 0.1) is 24.8 Å². The van der Waals surface area contributed by atoms with Crippen molar-refractivity contribution in [1.82, 2.24) is 0 Å². The number of allylic oxidation sites excluding steroid dienone is 5. The van der Waals surface area contributed by atoms with Gasteiger partial charge in [-0.15, -0.1) is 6.42 Å². The number of rotatable bonds is 7. The lowest BCUT2D eigenvalue weighted by Crippen LogP contribution is -2.28. The summed E-state index contributed by atoms with van der Waals surface area (Å²) >= 11 is 0. The van der Waals surface area contributed by atoms with Gasteiger partial charge in [0.2, 0.25) is 0 Å². The largest absolute Gasteiger partial charge is 0.298 e. The van der Waals surface area contributed by atoms with Crippen molar-refractivity contribution >= 4 is 33.1 Å². The Labute approximate surface area is 318 Å². The number of benzene rings is 7. The molecule has 256 valence electrons. The number of anilines is 1. The number of nitrogens with zero attached hydrogens (tertiary/aromatic N) is 2. The minimum absolute atomic E-state index is 0.651. The molecule has 0 spiro atoms. The minimum atomic E-state index is 0.651. The fraction of sp³-hybridized carbons (Fsp3) is 0.0577. The van der Waals surface area contributed by atoms with Crippen LogP contribution in [0.15, 0.2) is 180 Å². The van der Waals surface area contributed by atoms with Crippen molar-refractivity contribution in [2.24, 2.45) is 4.99 Å². The predicted octanol–water partition coefficient (Wildman–Crippen LogP) is 13.5. The summed E-state index contributed by atoms with van der Waals surface area (Å²) < 4.78 is 0. The molecule has 1 aliphatic rings. The van der Waals surface area contributed by atoms with E-state index in [4.69, 9.17) is 12.8 Å². The van der Waals surface area contributed by atoms with Crippen LogP contribution >= 0.6 is 0 Å². The summed E-state index contributed by atoms with van der Waals surface area (Å²) in [6, 6.07) is 53.1. The molecule has 7 aromatic rings. The van der Waals surface area contributed by atoms with Gasteiger partial charge >= 0.3 is 0 Å². The number of terminal acetylenes is 2. The highest BCUT2D eigenvalue weighted by Crippen LogP contribution is 2.58. The molecule has 0 amide bonds. The highest BCUT2D eigenvalue weighted by atomic mass is 15.2. The molecule has 2 heteroatoms. The maximum Gasteiger partial charge on any atom is 0.147 e. The Balaban J connectivity index is 1.35. The van der Waals surface area contributed by atoms with E-state index in [1.165, 1.54) is 71.6 Å². The fourth-order valence-electron chi connectivity index (χ4n) is 8.00. The lowest BCUT2D eigenvalue weighted by atomic mass is 9.82. The first kappa shape index (κ1) is 34.0. The number of amidine groups is 1. The molecule has 8 rings (SSSR count). The lowest BCUT2D eigenvalue weighted by Gasteiger charge is -2.26. The summed E-state index contributed by atoms with van der Waals surface area (Å²) in [5, 5.41) is 5.02. The second-order valence-corrected chi connectivity index (χ2v) is 13.4. The zero-order valence-corrected chi connectivity index (χ0v) is 30.6. The van der Waals surface area contributed by atoms with E-state index < -0.39 is 0 Å². The van der Waals surface area contributed by atoms with Gasteiger partial charge in [0, 0.05) is 17.4 Å². The first-order chi connectivity index (χ1) is 26.5. The Morgan fingerprint density at radius 1 is 0.556 bits per heavy atom. The first-order valence-corrected chi connectivity index (χ1v) is 18.2. The monoisotopic (exact) mass is 690 g/mol. The minimum Gasteiger partial charge on any atom is -0.298 e. The molecule has 0 aliphatic heterocycles. The molecule has 0 N–H and O–H groups in total. The Bertz CT molecular complexity index is 2690. The Morgan fingerprint density at radius 2 is 1.11 bits per heavy atom.